The maximum Gasteiger partial charge on any atom is 0.0110 e. The first-order chi connectivity index (χ1) is 9.49. The molecule has 0 aromatic heterocycles. The molecule has 0 spiro atoms. The molecule has 0 bridgehead atoms. The first kappa shape index (κ1) is 17.9. The van der Waals surface area contributed by atoms with Crippen molar-refractivity contribution in [3.63, 3.8) is 0 Å². The van der Waals surface area contributed by atoms with E-state index < -0.39 is 0 Å². The monoisotopic (exact) mass is 283 g/mol. The quantitative estimate of drug-likeness (QED) is 0.702. The molecule has 1 rings (SSSR count). The van der Waals surface area contributed by atoms with E-state index >= 15 is 0 Å². The van der Waals surface area contributed by atoms with Crippen LogP contribution in [0.1, 0.15) is 46.5 Å². The summed E-state index contributed by atoms with van der Waals surface area (Å²) in [7, 11) is 4.32. The van der Waals surface area contributed by atoms with Gasteiger partial charge in [0.1, 0.15) is 0 Å². The van der Waals surface area contributed by atoms with Gasteiger partial charge in [-0.2, -0.15) is 0 Å². The zero-order valence-electron chi connectivity index (χ0n) is 14.5. The van der Waals surface area contributed by atoms with Crippen LogP contribution in [0.25, 0.3) is 0 Å². The lowest BCUT2D eigenvalue weighted by molar-refractivity contribution is 0.207. The van der Waals surface area contributed by atoms with Crippen LogP contribution >= 0.6 is 0 Å². The van der Waals surface area contributed by atoms with Gasteiger partial charge in [0.25, 0.3) is 0 Å². The van der Waals surface area contributed by atoms with Gasteiger partial charge in [0.15, 0.2) is 0 Å². The molecule has 20 heavy (non-hydrogen) atoms. The van der Waals surface area contributed by atoms with Gasteiger partial charge in [0.05, 0.1) is 0 Å². The van der Waals surface area contributed by atoms with Crippen molar-refractivity contribution in [2.75, 3.05) is 46.8 Å². The van der Waals surface area contributed by atoms with E-state index in [9.17, 15) is 0 Å². The van der Waals surface area contributed by atoms with Gasteiger partial charge in [-0.1, -0.05) is 33.6 Å². The van der Waals surface area contributed by atoms with Crippen LogP contribution in [0.3, 0.4) is 0 Å². The Kier molecular flexibility index (Phi) is 8.74. The maximum absolute atomic E-state index is 3.81. The van der Waals surface area contributed by atoms with Crippen molar-refractivity contribution >= 4 is 0 Å². The summed E-state index contributed by atoms with van der Waals surface area (Å²) in [4.78, 5) is 4.90. The molecule has 2 atom stereocenters. The van der Waals surface area contributed by atoms with Gasteiger partial charge < -0.3 is 15.1 Å². The average molecular weight is 284 g/mol. The molecular weight excluding hydrogens is 246 g/mol. The Morgan fingerprint density at radius 1 is 1.05 bits per heavy atom. The van der Waals surface area contributed by atoms with Crippen LogP contribution in [-0.4, -0.2) is 62.7 Å². The molecule has 1 N–H and O–H groups in total. The first-order valence-corrected chi connectivity index (χ1v) is 8.59. The molecule has 120 valence electrons. The minimum Gasteiger partial charge on any atom is -0.312 e. The Morgan fingerprint density at radius 2 is 1.75 bits per heavy atom. The molecule has 0 amide bonds. The third kappa shape index (κ3) is 7.61. The Balaban J connectivity index is 2.25. The summed E-state index contributed by atoms with van der Waals surface area (Å²) >= 11 is 0. The largest absolute Gasteiger partial charge is 0.312 e. The number of nitrogens with one attached hydrogen (secondary N) is 1. The highest BCUT2D eigenvalue weighted by molar-refractivity contribution is 4.78. The molecule has 1 fully saturated rings. The molecule has 3 nitrogen and oxygen atoms in total. The van der Waals surface area contributed by atoms with E-state index in [1.165, 1.54) is 45.3 Å². The lowest BCUT2D eigenvalue weighted by Crippen LogP contribution is -2.43. The van der Waals surface area contributed by atoms with Gasteiger partial charge in [-0.15, -0.1) is 0 Å². The molecule has 1 saturated carbocycles. The van der Waals surface area contributed by atoms with Gasteiger partial charge in [-0.3, -0.25) is 0 Å². The van der Waals surface area contributed by atoms with Crippen molar-refractivity contribution in [2.45, 2.75) is 52.5 Å². The van der Waals surface area contributed by atoms with Crippen LogP contribution in [0.15, 0.2) is 0 Å². The summed E-state index contributed by atoms with van der Waals surface area (Å²) in [6, 6.07) is 0.762. The number of nitrogens with zero attached hydrogens (tertiary/aromatic N) is 2. The summed E-state index contributed by atoms with van der Waals surface area (Å²) in [5, 5.41) is 3.81. The lowest BCUT2D eigenvalue weighted by atomic mass is 9.86. The highest BCUT2D eigenvalue weighted by Gasteiger charge is 2.20. The molecule has 0 radical (unpaired) electrons. The molecule has 0 aliphatic heterocycles. The van der Waals surface area contributed by atoms with Crippen LogP contribution < -0.4 is 5.32 Å². The summed E-state index contributed by atoms with van der Waals surface area (Å²) < 4.78 is 0. The van der Waals surface area contributed by atoms with Crippen molar-refractivity contribution in [3.05, 3.63) is 0 Å². The second-order valence-corrected chi connectivity index (χ2v) is 7.32. The third-order valence-electron chi connectivity index (χ3n) is 4.43. The molecule has 0 saturated heterocycles. The van der Waals surface area contributed by atoms with Crippen molar-refractivity contribution < 1.29 is 0 Å². The second-order valence-electron chi connectivity index (χ2n) is 7.32. The van der Waals surface area contributed by atoms with E-state index in [1.54, 1.807) is 0 Å². The molecule has 3 heteroatoms. The van der Waals surface area contributed by atoms with Gasteiger partial charge in [-0.05, 0) is 38.8 Å². The van der Waals surface area contributed by atoms with Gasteiger partial charge >= 0.3 is 0 Å². The van der Waals surface area contributed by atoms with E-state index in [0.717, 1.165) is 31.0 Å². The molecular formula is C17H37N3. The SMILES string of the molecule is CC(C)CN(CCNC1CCCCC1C)CCN(C)C. The fourth-order valence-corrected chi connectivity index (χ4v) is 3.18. The number of rotatable bonds is 9. The minimum atomic E-state index is 0.755. The van der Waals surface area contributed by atoms with Crippen molar-refractivity contribution in [1.29, 1.82) is 0 Å². The van der Waals surface area contributed by atoms with E-state index in [2.05, 4.69) is 50.0 Å². The summed E-state index contributed by atoms with van der Waals surface area (Å²) in [5.41, 5.74) is 0. The smallest absolute Gasteiger partial charge is 0.0110 e. The topological polar surface area (TPSA) is 18.5 Å². The van der Waals surface area contributed by atoms with Crippen LogP contribution in [0.2, 0.25) is 0 Å². The van der Waals surface area contributed by atoms with Crippen molar-refractivity contribution in [1.82, 2.24) is 15.1 Å². The van der Waals surface area contributed by atoms with Crippen LogP contribution in [0, 0.1) is 11.8 Å². The fraction of sp³-hybridized carbons (Fsp3) is 1.00. The number of likely N-dealkylation sites (N-methyl/N-ethyl adjacent to an activating group) is 1. The second kappa shape index (κ2) is 9.75. The number of hydrogen-bond donors (Lipinski definition) is 1. The Labute approximate surface area is 127 Å². The number of hydrogen-bond acceptors (Lipinski definition) is 3. The molecule has 0 heterocycles. The zero-order valence-corrected chi connectivity index (χ0v) is 14.5. The van der Waals surface area contributed by atoms with Gasteiger partial charge in [-0.25, -0.2) is 0 Å². The Hall–Kier alpha value is -0.120. The van der Waals surface area contributed by atoms with Gasteiger partial charge in [0, 0.05) is 38.8 Å². The Bertz CT molecular complexity index is 240. The highest BCUT2D eigenvalue weighted by Crippen LogP contribution is 2.23. The normalized spacial score (nSPS) is 24.0. The summed E-state index contributed by atoms with van der Waals surface area (Å²) in [5.74, 6) is 1.62. The van der Waals surface area contributed by atoms with E-state index in [1.807, 2.05) is 0 Å². The molecule has 1 aliphatic rings. The Morgan fingerprint density at radius 3 is 2.35 bits per heavy atom. The third-order valence-corrected chi connectivity index (χ3v) is 4.43. The van der Waals surface area contributed by atoms with E-state index in [4.69, 9.17) is 0 Å². The van der Waals surface area contributed by atoms with Crippen LogP contribution in [0.5, 0.6) is 0 Å². The van der Waals surface area contributed by atoms with E-state index in [-0.39, 0.29) is 0 Å². The molecule has 0 aromatic carbocycles. The van der Waals surface area contributed by atoms with Crippen molar-refractivity contribution in [3.8, 4) is 0 Å². The minimum absolute atomic E-state index is 0.755. The lowest BCUT2D eigenvalue weighted by Gasteiger charge is -2.31. The fourth-order valence-electron chi connectivity index (χ4n) is 3.18. The molecule has 0 aromatic rings. The predicted molar refractivity (Wildman–Crippen MR) is 89.3 cm³/mol. The van der Waals surface area contributed by atoms with Crippen LogP contribution in [0.4, 0.5) is 0 Å². The highest BCUT2D eigenvalue weighted by atomic mass is 15.2. The zero-order chi connectivity index (χ0) is 15.0. The van der Waals surface area contributed by atoms with Crippen molar-refractivity contribution in [2.24, 2.45) is 11.8 Å². The van der Waals surface area contributed by atoms with E-state index in [0.29, 0.717) is 0 Å². The summed E-state index contributed by atoms with van der Waals surface area (Å²) in [6.07, 6.45) is 5.64. The average Bonchev–Trinajstić information content (AvgIpc) is 2.37. The van der Waals surface area contributed by atoms with Gasteiger partial charge in [0.2, 0.25) is 0 Å². The summed E-state index contributed by atoms with van der Waals surface area (Å²) in [6.45, 7) is 13.0. The molecule has 2 unspecified atom stereocenters. The van der Waals surface area contributed by atoms with Crippen LogP contribution in [-0.2, 0) is 0 Å². The maximum atomic E-state index is 3.81. The standard InChI is InChI=1S/C17H37N3/c1-15(2)14-20(13-12-19(4)5)11-10-18-17-9-7-6-8-16(17)3/h15-18H,6-14H2,1-5H3. The first-order valence-electron chi connectivity index (χ1n) is 8.59. The predicted octanol–water partition coefficient (Wildman–Crippen LogP) is 2.67. The molecule has 1 aliphatic carbocycles.